The quantitative estimate of drug-likeness (QED) is 0.296. The number of rotatable bonds is 9. The number of carbonyl (C=O) groups excluding carboxylic acids is 1. The summed E-state index contributed by atoms with van der Waals surface area (Å²) in [6.45, 7) is 9.30. The summed E-state index contributed by atoms with van der Waals surface area (Å²) in [4.78, 5) is 15.9. The third-order valence-electron chi connectivity index (χ3n) is 3.93. The normalized spacial score (nSPS) is 12.3. The first-order chi connectivity index (χ1) is 11.5. The molecule has 0 fully saturated rings. The van der Waals surface area contributed by atoms with Gasteiger partial charge in [0, 0.05) is 44.6 Å². The number of aryl methyl sites for hydroxylation is 2. The lowest BCUT2D eigenvalue weighted by Crippen LogP contribution is -2.40. The van der Waals surface area contributed by atoms with Crippen LogP contribution in [0.2, 0.25) is 0 Å². The van der Waals surface area contributed by atoms with Gasteiger partial charge >= 0.3 is 0 Å². The van der Waals surface area contributed by atoms with E-state index in [1.807, 2.05) is 13.8 Å². The third kappa shape index (κ3) is 8.06. The second-order valence-corrected chi connectivity index (χ2v) is 5.72. The smallest absolute Gasteiger partial charge is 0.221 e. The Bertz CT molecular complexity index is 524. The third-order valence-corrected chi connectivity index (χ3v) is 3.93. The fourth-order valence-electron chi connectivity index (χ4n) is 2.27. The molecule has 0 aliphatic carbocycles. The molecule has 1 aromatic rings. The fraction of sp³-hybridized carbons (Fsp3) is 0.706. The summed E-state index contributed by atoms with van der Waals surface area (Å²) in [7, 11) is 1.71. The molecular formula is C17H32IN5O2. The molecule has 144 valence electrons. The van der Waals surface area contributed by atoms with Gasteiger partial charge in [-0.1, -0.05) is 25.9 Å². The Balaban J connectivity index is 0.00000576. The Labute approximate surface area is 167 Å². The number of hydrogen-bond acceptors (Lipinski definition) is 4. The van der Waals surface area contributed by atoms with E-state index in [1.165, 1.54) is 0 Å². The van der Waals surface area contributed by atoms with Crippen LogP contribution in [0.1, 0.15) is 57.6 Å². The molecule has 1 amide bonds. The Hall–Kier alpha value is -1.32. The Morgan fingerprint density at radius 2 is 1.96 bits per heavy atom. The van der Waals surface area contributed by atoms with Crippen LogP contribution < -0.4 is 16.0 Å². The lowest BCUT2D eigenvalue weighted by molar-refractivity contribution is -0.121. The molecule has 0 spiro atoms. The van der Waals surface area contributed by atoms with Gasteiger partial charge in [-0.2, -0.15) is 0 Å². The van der Waals surface area contributed by atoms with Gasteiger partial charge in [-0.25, -0.2) is 0 Å². The molecule has 0 saturated carbocycles. The van der Waals surface area contributed by atoms with Crippen LogP contribution in [0.3, 0.4) is 0 Å². The van der Waals surface area contributed by atoms with E-state index >= 15 is 0 Å². The van der Waals surface area contributed by atoms with Gasteiger partial charge in [-0.05, 0) is 19.8 Å². The molecule has 25 heavy (non-hydrogen) atoms. The zero-order valence-corrected chi connectivity index (χ0v) is 18.3. The highest BCUT2D eigenvalue weighted by Gasteiger charge is 2.13. The molecule has 0 radical (unpaired) electrons. The van der Waals surface area contributed by atoms with Crippen LogP contribution in [0.15, 0.2) is 9.52 Å². The maximum Gasteiger partial charge on any atom is 0.221 e. The summed E-state index contributed by atoms with van der Waals surface area (Å²) in [5, 5.41) is 13.5. The van der Waals surface area contributed by atoms with Crippen molar-refractivity contribution < 1.29 is 9.32 Å². The SMILES string of the molecule is CCc1noc(CC)c1CNC(=NC)NCCC(=O)NC(C)CC.I. The number of nitrogens with zero attached hydrogens (tertiary/aromatic N) is 2. The topological polar surface area (TPSA) is 91.6 Å². The van der Waals surface area contributed by atoms with Gasteiger partial charge in [0.25, 0.3) is 0 Å². The minimum absolute atomic E-state index is 0. The first kappa shape index (κ1) is 23.7. The molecular weight excluding hydrogens is 433 g/mol. The van der Waals surface area contributed by atoms with Crippen molar-refractivity contribution in [3.8, 4) is 0 Å². The predicted molar refractivity (Wildman–Crippen MR) is 111 cm³/mol. The minimum atomic E-state index is 0. The standard InChI is InChI=1S/C17H31N5O2.HI/c1-6-12(4)21-16(23)9-10-19-17(18-5)20-11-13-14(7-2)22-24-15(13)8-3;/h12H,6-11H2,1-5H3,(H,21,23)(H2,18,19,20);1H. The summed E-state index contributed by atoms with van der Waals surface area (Å²) >= 11 is 0. The van der Waals surface area contributed by atoms with Crippen LogP contribution in [-0.2, 0) is 24.2 Å². The van der Waals surface area contributed by atoms with E-state index in [2.05, 4.69) is 39.9 Å². The van der Waals surface area contributed by atoms with Gasteiger partial charge in [-0.15, -0.1) is 24.0 Å². The van der Waals surface area contributed by atoms with Crippen molar-refractivity contribution in [2.75, 3.05) is 13.6 Å². The Kier molecular flexibility index (Phi) is 12.3. The molecule has 1 atom stereocenters. The molecule has 0 aromatic carbocycles. The molecule has 1 rings (SSSR count). The van der Waals surface area contributed by atoms with Gasteiger partial charge in [0.1, 0.15) is 5.76 Å². The van der Waals surface area contributed by atoms with Crippen molar-refractivity contribution in [1.82, 2.24) is 21.1 Å². The van der Waals surface area contributed by atoms with Crippen LogP contribution in [0.25, 0.3) is 0 Å². The van der Waals surface area contributed by atoms with E-state index in [0.29, 0.717) is 25.5 Å². The second-order valence-electron chi connectivity index (χ2n) is 5.72. The Morgan fingerprint density at radius 3 is 2.52 bits per heavy atom. The molecule has 3 N–H and O–H groups in total. The van der Waals surface area contributed by atoms with E-state index in [0.717, 1.165) is 36.3 Å². The molecule has 0 bridgehead atoms. The molecule has 7 nitrogen and oxygen atoms in total. The maximum atomic E-state index is 11.8. The Morgan fingerprint density at radius 1 is 1.24 bits per heavy atom. The van der Waals surface area contributed by atoms with Crippen molar-refractivity contribution in [1.29, 1.82) is 0 Å². The lowest BCUT2D eigenvalue weighted by atomic mass is 10.1. The number of hydrogen-bond donors (Lipinski definition) is 3. The number of aromatic nitrogens is 1. The van der Waals surface area contributed by atoms with Crippen molar-refractivity contribution in [3.63, 3.8) is 0 Å². The monoisotopic (exact) mass is 465 g/mol. The molecule has 1 aromatic heterocycles. The van der Waals surface area contributed by atoms with Crippen LogP contribution >= 0.6 is 24.0 Å². The van der Waals surface area contributed by atoms with E-state index in [1.54, 1.807) is 7.05 Å². The number of halogens is 1. The molecule has 0 saturated heterocycles. The average molecular weight is 465 g/mol. The van der Waals surface area contributed by atoms with Gasteiger partial charge in [0.05, 0.1) is 5.69 Å². The number of aliphatic imine (C=N–C) groups is 1. The number of guanidine groups is 1. The highest BCUT2D eigenvalue weighted by molar-refractivity contribution is 14.0. The van der Waals surface area contributed by atoms with Gasteiger partial charge < -0.3 is 20.5 Å². The summed E-state index contributed by atoms with van der Waals surface area (Å²) in [5.74, 6) is 1.62. The van der Waals surface area contributed by atoms with E-state index in [-0.39, 0.29) is 35.9 Å². The predicted octanol–water partition coefficient (Wildman–Crippen LogP) is 2.39. The lowest BCUT2D eigenvalue weighted by Gasteiger charge is -2.14. The number of nitrogens with one attached hydrogen (secondary N) is 3. The molecule has 8 heteroatoms. The summed E-state index contributed by atoms with van der Waals surface area (Å²) < 4.78 is 5.36. The highest BCUT2D eigenvalue weighted by atomic mass is 127. The zero-order valence-electron chi connectivity index (χ0n) is 15.9. The largest absolute Gasteiger partial charge is 0.361 e. The van der Waals surface area contributed by atoms with Crippen LogP contribution in [0.5, 0.6) is 0 Å². The maximum absolute atomic E-state index is 11.8. The van der Waals surface area contributed by atoms with Crippen molar-refractivity contribution >= 4 is 35.8 Å². The first-order valence-electron chi connectivity index (χ1n) is 8.75. The van der Waals surface area contributed by atoms with Gasteiger partial charge in [0.2, 0.25) is 5.91 Å². The van der Waals surface area contributed by atoms with Crippen LogP contribution in [0.4, 0.5) is 0 Å². The van der Waals surface area contributed by atoms with E-state index in [9.17, 15) is 4.79 Å². The van der Waals surface area contributed by atoms with E-state index < -0.39 is 0 Å². The summed E-state index contributed by atoms with van der Waals surface area (Å²) in [5.41, 5.74) is 2.07. The number of carbonyl (C=O) groups is 1. The summed E-state index contributed by atoms with van der Waals surface area (Å²) in [6, 6.07) is 0.212. The highest BCUT2D eigenvalue weighted by Crippen LogP contribution is 2.15. The second kappa shape index (κ2) is 13.0. The minimum Gasteiger partial charge on any atom is -0.361 e. The molecule has 1 unspecified atom stereocenters. The van der Waals surface area contributed by atoms with Gasteiger partial charge in [-0.3, -0.25) is 9.79 Å². The van der Waals surface area contributed by atoms with E-state index in [4.69, 9.17) is 4.52 Å². The molecule has 1 heterocycles. The van der Waals surface area contributed by atoms with Crippen molar-refractivity contribution in [2.45, 2.75) is 66.0 Å². The van der Waals surface area contributed by atoms with Crippen LogP contribution in [0, 0.1) is 0 Å². The van der Waals surface area contributed by atoms with Crippen molar-refractivity contribution in [3.05, 3.63) is 17.0 Å². The number of amides is 1. The fourth-order valence-corrected chi connectivity index (χ4v) is 2.27. The molecule has 0 aliphatic heterocycles. The molecule has 0 aliphatic rings. The van der Waals surface area contributed by atoms with Gasteiger partial charge in [0.15, 0.2) is 5.96 Å². The van der Waals surface area contributed by atoms with Crippen LogP contribution in [-0.4, -0.2) is 36.7 Å². The average Bonchev–Trinajstić information content (AvgIpc) is 2.99. The first-order valence-corrected chi connectivity index (χ1v) is 8.75. The zero-order chi connectivity index (χ0) is 17.9. The summed E-state index contributed by atoms with van der Waals surface area (Å²) in [6.07, 6.45) is 2.99. The van der Waals surface area contributed by atoms with Crippen molar-refractivity contribution in [2.24, 2.45) is 4.99 Å².